The molecule has 2 aromatic rings. The van der Waals surface area contributed by atoms with Crippen molar-refractivity contribution in [3.63, 3.8) is 0 Å². The Kier molecular flexibility index (Phi) is 5.61. The Bertz CT molecular complexity index is 1010. The molecule has 0 saturated carbocycles. The lowest BCUT2D eigenvalue weighted by atomic mass is 10.0. The van der Waals surface area contributed by atoms with Crippen molar-refractivity contribution in [2.75, 3.05) is 44.1 Å². The largest absolute Gasteiger partial charge is 0.337 e. The molecule has 4 rings (SSSR count). The molecule has 0 bridgehead atoms. The molecule has 2 aliphatic heterocycles. The molecule has 0 N–H and O–H groups in total. The summed E-state index contributed by atoms with van der Waals surface area (Å²) < 4.78 is 28.3. The average Bonchev–Trinajstić information content (AvgIpc) is 2.97. The van der Waals surface area contributed by atoms with Gasteiger partial charge in [-0.05, 0) is 62.7 Å². The summed E-state index contributed by atoms with van der Waals surface area (Å²) in [6.45, 7) is 3.60. The maximum atomic E-state index is 13.4. The molecule has 29 heavy (non-hydrogen) atoms. The molecule has 0 aliphatic carbocycles. The molecule has 154 valence electrons. The number of nitrogens with zero attached hydrogens (tertiary/aromatic N) is 3. The zero-order valence-electron chi connectivity index (χ0n) is 16.8. The second-order valence-corrected chi connectivity index (χ2v) is 9.65. The summed E-state index contributed by atoms with van der Waals surface area (Å²) in [5, 5.41) is 0. The van der Waals surface area contributed by atoms with Gasteiger partial charge in [-0.3, -0.25) is 9.10 Å². The Labute approximate surface area is 172 Å². The Morgan fingerprint density at radius 1 is 0.897 bits per heavy atom. The van der Waals surface area contributed by atoms with Gasteiger partial charge in [-0.25, -0.2) is 8.42 Å². The molecule has 6 nitrogen and oxygen atoms in total. The van der Waals surface area contributed by atoms with E-state index in [9.17, 15) is 13.2 Å². The Hall–Kier alpha value is -2.38. The number of aryl methyl sites for hydroxylation is 1. The van der Waals surface area contributed by atoms with Crippen LogP contribution in [-0.4, -0.2) is 63.9 Å². The van der Waals surface area contributed by atoms with Gasteiger partial charge < -0.3 is 9.80 Å². The summed E-state index contributed by atoms with van der Waals surface area (Å²) in [5.41, 5.74) is 2.22. The Morgan fingerprint density at radius 3 is 2.59 bits per heavy atom. The SMILES string of the molecule is CN1CCCN(C(=O)c2cccc(S(=O)(=O)N3CCCc4ccccc43)c2)CC1. The molecule has 2 heterocycles. The number of rotatable bonds is 3. The van der Waals surface area contributed by atoms with E-state index in [1.54, 1.807) is 18.2 Å². The second-order valence-electron chi connectivity index (χ2n) is 7.79. The first-order valence-electron chi connectivity index (χ1n) is 10.2. The van der Waals surface area contributed by atoms with Gasteiger partial charge in [0.15, 0.2) is 0 Å². The number of amides is 1. The third-order valence-corrected chi connectivity index (χ3v) is 7.55. The van der Waals surface area contributed by atoms with Crippen LogP contribution >= 0.6 is 0 Å². The maximum Gasteiger partial charge on any atom is 0.264 e. The number of hydrogen-bond donors (Lipinski definition) is 0. The van der Waals surface area contributed by atoms with Crippen LogP contribution < -0.4 is 4.31 Å². The summed E-state index contributed by atoms with van der Waals surface area (Å²) in [7, 11) is -1.67. The fourth-order valence-corrected chi connectivity index (χ4v) is 5.69. The first kappa shape index (κ1) is 19.9. The van der Waals surface area contributed by atoms with Crippen LogP contribution in [-0.2, 0) is 16.4 Å². The van der Waals surface area contributed by atoms with Crippen LogP contribution in [0.2, 0.25) is 0 Å². The zero-order chi connectivity index (χ0) is 20.4. The molecule has 0 spiro atoms. The van der Waals surface area contributed by atoms with Crippen LogP contribution in [0, 0.1) is 0 Å². The highest BCUT2D eigenvalue weighted by molar-refractivity contribution is 7.92. The average molecular weight is 414 g/mol. The molecular weight excluding hydrogens is 386 g/mol. The van der Waals surface area contributed by atoms with Gasteiger partial charge >= 0.3 is 0 Å². The van der Waals surface area contributed by atoms with Crippen molar-refractivity contribution >= 4 is 21.6 Å². The predicted octanol–water partition coefficient (Wildman–Crippen LogP) is 2.61. The van der Waals surface area contributed by atoms with Crippen LogP contribution in [0.3, 0.4) is 0 Å². The highest BCUT2D eigenvalue weighted by Gasteiger charge is 2.30. The summed E-state index contributed by atoms with van der Waals surface area (Å²) >= 11 is 0. The van der Waals surface area contributed by atoms with Crippen molar-refractivity contribution in [2.24, 2.45) is 0 Å². The molecule has 2 aromatic carbocycles. The van der Waals surface area contributed by atoms with Gasteiger partial charge in [0.05, 0.1) is 10.6 Å². The van der Waals surface area contributed by atoms with Crippen molar-refractivity contribution in [1.82, 2.24) is 9.80 Å². The van der Waals surface area contributed by atoms with Gasteiger partial charge in [-0.15, -0.1) is 0 Å². The van der Waals surface area contributed by atoms with Gasteiger partial charge in [0, 0.05) is 31.7 Å². The minimum atomic E-state index is -3.72. The Balaban J connectivity index is 1.62. The van der Waals surface area contributed by atoms with Gasteiger partial charge in [-0.2, -0.15) is 0 Å². The minimum Gasteiger partial charge on any atom is -0.337 e. The molecule has 0 aromatic heterocycles. The number of likely N-dealkylation sites (N-methyl/N-ethyl adjacent to an activating group) is 1. The summed E-state index contributed by atoms with van der Waals surface area (Å²) in [6.07, 6.45) is 2.59. The summed E-state index contributed by atoms with van der Waals surface area (Å²) in [6, 6.07) is 14.1. The minimum absolute atomic E-state index is 0.101. The van der Waals surface area contributed by atoms with E-state index in [1.165, 1.54) is 10.4 Å². The van der Waals surface area contributed by atoms with Gasteiger partial charge in [0.2, 0.25) is 0 Å². The number of anilines is 1. The molecule has 1 fully saturated rings. The van der Waals surface area contributed by atoms with Crippen molar-refractivity contribution in [3.8, 4) is 0 Å². The lowest BCUT2D eigenvalue weighted by Gasteiger charge is -2.30. The van der Waals surface area contributed by atoms with Crippen LogP contribution in [0.1, 0.15) is 28.8 Å². The number of sulfonamides is 1. The predicted molar refractivity (Wildman–Crippen MR) is 114 cm³/mol. The number of fused-ring (bicyclic) bond motifs is 1. The highest BCUT2D eigenvalue weighted by Crippen LogP contribution is 2.32. The van der Waals surface area contributed by atoms with Crippen LogP contribution in [0.15, 0.2) is 53.4 Å². The number of hydrogen-bond acceptors (Lipinski definition) is 4. The number of benzene rings is 2. The van der Waals surface area contributed by atoms with Crippen LogP contribution in [0.25, 0.3) is 0 Å². The zero-order valence-corrected chi connectivity index (χ0v) is 17.6. The first-order valence-corrected chi connectivity index (χ1v) is 11.6. The standard InChI is InChI=1S/C22H27N3O3S/c1-23-12-6-13-24(16-15-23)22(26)19-8-4-10-20(17-19)29(27,28)25-14-5-9-18-7-2-3-11-21(18)25/h2-4,7-8,10-11,17H,5-6,9,12-16H2,1H3. The molecule has 0 atom stereocenters. The molecule has 1 amide bonds. The van der Waals surface area contributed by atoms with Crippen molar-refractivity contribution in [1.29, 1.82) is 0 Å². The molecule has 2 aliphatic rings. The van der Waals surface area contributed by atoms with Crippen molar-refractivity contribution in [3.05, 3.63) is 59.7 Å². The fraction of sp³-hybridized carbons (Fsp3) is 0.409. The normalized spacial score (nSPS) is 18.2. The van der Waals surface area contributed by atoms with E-state index in [-0.39, 0.29) is 10.8 Å². The molecular formula is C22H27N3O3S. The van der Waals surface area contributed by atoms with Crippen LogP contribution in [0.4, 0.5) is 5.69 Å². The smallest absolute Gasteiger partial charge is 0.264 e. The first-order chi connectivity index (χ1) is 14.0. The molecule has 0 radical (unpaired) electrons. The number of carbonyl (C=O) groups is 1. The van der Waals surface area contributed by atoms with Crippen molar-refractivity contribution in [2.45, 2.75) is 24.2 Å². The van der Waals surface area contributed by atoms with Gasteiger partial charge in [-0.1, -0.05) is 24.3 Å². The second kappa shape index (κ2) is 8.16. The molecule has 1 saturated heterocycles. The summed E-state index contributed by atoms with van der Waals surface area (Å²) in [5.74, 6) is -0.101. The lowest BCUT2D eigenvalue weighted by molar-refractivity contribution is 0.0762. The van der Waals surface area contributed by atoms with E-state index in [2.05, 4.69) is 11.9 Å². The van der Waals surface area contributed by atoms with E-state index in [0.717, 1.165) is 43.6 Å². The third kappa shape index (κ3) is 4.02. The number of para-hydroxylation sites is 1. The maximum absolute atomic E-state index is 13.4. The summed E-state index contributed by atoms with van der Waals surface area (Å²) in [4.78, 5) is 17.2. The van der Waals surface area contributed by atoms with Gasteiger partial charge in [0.25, 0.3) is 15.9 Å². The lowest BCUT2D eigenvalue weighted by Crippen LogP contribution is -2.36. The van der Waals surface area contributed by atoms with Crippen molar-refractivity contribution < 1.29 is 13.2 Å². The van der Waals surface area contributed by atoms with E-state index < -0.39 is 10.0 Å². The highest BCUT2D eigenvalue weighted by atomic mass is 32.2. The van der Waals surface area contributed by atoms with E-state index in [4.69, 9.17) is 0 Å². The third-order valence-electron chi connectivity index (χ3n) is 5.74. The van der Waals surface area contributed by atoms with E-state index in [0.29, 0.717) is 25.2 Å². The fourth-order valence-electron chi connectivity index (χ4n) is 4.10. The topological polar surface area (TPSA) is 60.9 Å². The molecule has 7 heteroatoms. The van der Waals surface area contributed by atoms with E-state index >= 15 is 0 Å². The Morgan fingerprint density at radius 2 is 1.72 bits per heavy atom. The van der Waals surface area contributed by atoms with Gasteiger partial charge in [0.1, 0.15) is 0 Å². The monoisotopic (exact) mass is 413 g/mol. The van der Waals surface area contributed by atoms with Crippen LogP contribution in [0.5, 0.6) is 0 Å². The molecule has 0 unspecified atom stereocenters. The number of carbonyl (C=O) groups excluding carboxylic acids is 1. The van der Waals surface area contributed by atoms with E-state index in [1.807, 2.05) is 29.2 Å². The quantitative estimate of drug-likeness (QED) is 0.776.